The standard InChI is InChI=1S/C29H27BrFN3O5S/c30-24-8-1-20(2-9-24)19-40-27(18-21-3-10-25(31)26(17-21)34(37)38)28(35)22-4-6-23(7-5-22)29(36)32-11-12-33-13-15-39-16-14-33/h1-10,17-18H,11-16,19H2,(H,32,36)/b27-18+. The summed E-state index contributed by atoms with van der Waals surface area (Å²) >= 11 is 4.67. The molecule has 1 aliphatic heterocycles. The summed E-state index contributed by atoms with van der Waals surface area (Å²) in [5.74, 6) is -1.02. The van der Waals surface area contributed by atoms with Gasteiger partial charge in [0.15, 0.2) is 5.78 Å². The fraction of sp³-hybridized carbons (Fsp3) is 0.241. The first-order valence-electron chi connectivity index (χ1n) is 12.6. The number of carbonyl (C=O) groups is 2. The van der Waals surface area contributed by atoms with Crippen molar-refractivity contribution in [3.63, 3.8) is 0 Å². The molecule has 3 aromatic rings. The Labute approximate surface area is 243 Å². The van der Waals surface area contributed by atoms with E-state index in [1.54, 1.807) is 24.3 Å². The molecule has 208 valence electrons. The molecule has 0 aromatic heterocycles. The highest BCUT2D eigenvalue weighted by atomic mass is 79.9. The van der Waals surface area contributed by atoms with Gasteiger partial charge in [0.2, 0.25) is 5.82 Å². The van der Waals surface area contributed by atoms with Crippen LogP contribution in [-0.4, -0.2) is 60.9 Å². The number of nitrogens with zero attached hydrogens (tertiary/aromatic N) is 2. The van der Waals surface area contributed by atoms with Crippen LogP contribution in [0.15, 0.2) is 76.1 Å². The third kappa shape index (κ3) is 8.31. The molecule has 1 aliphatic rings. The molecule has 11 heteroatoms. The number of halogens is 2. The Morgan fingerprint density at radius 1 is 1.05 bits per heavy atom. The third-order valence-corrected chi connectivity index (χ3v) is 7.84. The second-order valence-corrected chi connectivity index (χ2v) is 10.9. The quantitative estimate of drug-likeness (QED) is 0.126. The summed E-state index contributed by atoms with van der Waals surface area (Å²) < 4.78 is 20.1. The van der Waals surface area contributed by atoms with E-state index >= 15 is 0 Å². The van der Waals surface area contributed by atoms with E-state index in [2.05, 4.69) is 26.1 Å². The SMILES string of the molecule is O=C(NCCN1CCOCC1)c1ccc(C(=O)/C(=C\c2ccc(F)c([N+](=O)[O-])c2)SCc2ccc(Br)cc2)cc1. The molecular formula is C29H27BrFN3O5S. The second-order valence-electron chi connectivity index (χ2n) is 9.01. The normalized spacial score (nSPS) is 14.1. The van der Waals surface area contributed by atoms with E-state index in [4.69, 9.17) is 4.74 Å². The molecule has 0 unspecified atom stereocenters. The van der Waals surface area contributed by atoms with E-state index in [9.17, 15) is 24.1 Å². The van der Waals surface area contributed by atoms with Gasteiger partial charge in [-0.25, -0.2) is 0 Å². The Morgan fingerprint density at radius 3 is 2.40 bits per heavy atom. The highest BCUT2D eigenvalue weighted by molar-refractivity contribution is 9.10. The zero-order valence-corrected chi connectivity index (χ0v) is 23.9. The van der Waals surface area contributed by atoms with Crippen molar-refractivity contribution in [3.05, 3.63) is 114 Å². The maximum Gasteiger partial charge on any atom is 0.305 e. The molecule has 40 heavy (non-hydrogen) atoms. The van der Waals surface area contributed by atoms with Gasteiger partial charge in [-0.05, 0) is 47.5 Å². The summed E-state index contributed by atoms with van der Waals surface area (Å²) in [6, 6.07) is 17.5. The van der Waals surface area contributed by atoms with Gasteiger partial charge in [0.05, 0.1) is 23.0 Å². The topological polar surface area (TPSA) is 102 Å². The Kier molecular flexibility index (Phi) is 10.6. The minimum absolute atomic E-state index is 0.230. The molecule has 1 heterocycles. The van der Waals surface area contributed by atoms with Gasteiger partial charge in [0.1, 0.15) is 0 Å². The fourth-order valence-electron chi connectivity index (χ4n) is 3.99. The zero-order chi connectivity index (χ0) is 28.5. The lowest BCUT2D eigenvalue weighted by Gasteiger charge is -2.26. The number of ether oxygens (including phenoxy) is 1. The van der Waals surface area contributed by atoms with Crippen molar-refractivity contribution in [3.8, 4) is 0 Å². The Bertz CT molecular complexity index is 1390. The average molecular weight is 629 g/mol. The van der Waals surface area contributed by atoms with Crippen molar-refractivity contribution in [1.29, 1.82) is 0 Å². The summed E-state index contributed by atoms with van der Waals surface area (Å²) in [5.41, 5.74) is 1.43. The van der Waals surface area contributed by atoms with Crippen LogP contribution in [0.2, 0.25) is 0 Å². The molecule has 4 rings (SSSR count). The summed E-state index contributed by atoms with van der Waals surface area (Å²) in [6.45, 7) is 4.31. The van der Waals surface area contributed by atoms with E-state index < -0.39 is 16.4 Å². The highest BCUT2D eigenvalue weighted by Crippen LogP contribution is 2.29. The van der Waals surface area contributed by atoms with E-state index in [0.717, 1.165) is 41.8 Å². The first kappa shape index (κ1) is 29.6. The number of rotatable bonds is 11. The highest BCUT2D eigenvalue weighted by Gasteiger charge is 2.18. The van der Waals surface area contributed by atoms with Gasteiger partial charge < -0.3 is 10.1 Å². The van der Waals surface area contributed by atoms with Crippen LogP contribution in [0.4, 0.5) is 10.1 Å². The van der Waals surface area contributed by atoms with Crippen molar-refractivity contribution in [2.75, 3.05) is 39.4 Å². The molecule has 1 amide bonds. The number of nitrogens with one attached hydrogen (secondary N) is 1. The first-order chi connectivity index (χ1) is 19.3. The Hall–Kier alpha value is -3.38. The van der Waals surface area contributed by atoms with E-state index in [1.807, 2.05) is 24.3 Å². The number of hydrogen-bond donors (Lipinski definition) is 1. The lowest BCUT2D eigenvalue weighted by atomic mass is 10.1. The number of hydrogen-bond acceptors (Lipinski definition) is 7. The van der Waals surface area contributed by atoms with E-state index in [1.165, 1.54) is 23.9 Å². The van der Waals surface area contributed by atoms with Gasteiger partial charge in [-0.15, -0.1) is 11.8 Å². The van der Waals surface area contributed by atoms with E-state index in [0.29, 0.717) is 47.1 Å². The maximum absolute atomic E-state index is 13.9. The number of thioether (sulfide) groups is 1. The van der Waals surface area contributed by atoms with Crippen LogP contribution < -0.4 is 5.32 Å². The third-order valence-electron chi connectivity index (χ3n) is 6.22. The van der Waals surface area contributed by atoms with Gasteiger partial charge in [0, 0.05) is 53.6 Å². The van der Waals surface area contributed by atoms with Crippen LogP contribution in [-0.2, 0) is 10.5 Å². The number of carbonyl (C=O) groups excluding carboxylic acids is 2. The molecule has 1 saturated heterocycles. The van der Waals surface area contributed by atoms with Crippen LogP contribution in [0.1, 0.15) is 31.8 Å². The Balaban J connectivity index is 1.49. The predicted octanol–water partition coefficient (Wildman–Crippen LogP) is 5.72. The van der Waals surface area contributed by atoms with Crippen LogP contribution >= 0.6 is 27.7 Å². The van der Waals surface area contributed by atoms with Crippen LogP contribution in [0.25, 0.3) is 6.08 Å². The molecule has 1 N–H and O–H groups in total. The molecule has 3 aromatic carbocycles. The average Bonchev–Trinajstić information content (AvgIpc) is 2.97. The zero-order valence-electron chi connectivity index (χ0n) is 21.5. The number of nitro groups is 1. The molecule has 8 nitrogen and oxygen atoms in total. The molecule has 0 atom stereocenters. The summed E-state index contributed by atoms with van der Waals surface area (Å²) in [5, 5.41) is 14.1. The molecule has 0 bridgehead atoms. The molecule has 0 aliphatic carbocycles. The maximum atomic E-state index is 13.9. The van der Waals surface area contributed by atoms with E-state index in [-0.39, 0.29) is 11.7 Å². The monoisotopic (exact) mass is 627 g/mol. The minimum atomic E-state index is -0.948. The smallest absolute Gasteiger partial charge is 0.305 e. The number of ketones is 1. The van der Waals surface area contributed by atoms with Crippen LogP contribution in [0.5, 0.6) is 0 Å². The molecule has 1 fully saturated rings. The lowest BCUT2D eigenvalue weighted by Crippen LogP contribution is -2.41. The number of allylic oxidation sites excluding steroid dienone is 1. The summed E-state index contributed by atoms with van der Waals surface area (Å²) in [6.07, 6.45) is 1.52. The van der Waals surface area contributed by atoms with Crippen LogP contribution in [0.3, 0.4) is 0 Å². The van der Waals surface area contributed by atoms with Crippen molar-refractivity contribution in [2.24, 2.45) is 0 Å². The predicted molar refractivity (Wildman–Crippen MR) is 157 cm³/mol. The Morgan fingerprint density at radius 2 is 1.73 bits per heavy atom. The number of amides is 1. The summed E-state index contributed by atoms with van der Waals surface area (Å²) in [7, 11) is 0. The molecule has 0 saturated carbocycles. The van der Waals surface area contributed by atoms with Gasteiger partial charge >= 0.3 is 5.69 Å². The number of nitro benzene ring substituents is 1. The fourth-order valence-corrected chi connectivity index (χ4v) is 5.24. The second kappa shape index (κ2) is 14.3. The largest absolute Gasteiger partial charge is 0.379 e. The summed E-state index contributed by atoms with van der Waals surface area (Å²) in [4.78, 5) is 39.1. The number of morpholine rings is 1. The van der Waals surface area contributed by atoms with Gasteiger partial charge in [0.25, 0.3) is 5.91 Å². The minimum Gasteiger partial charge on any atom is -0.379 e. The number of benzene rings is 3. The van der Waals surface area contributed by atoms with Gasteiger partial charge in [-0.2, -0.15) is 4.39 Å². The van der Waals surface area contributed by atoms with Crippen molar-refractivity contribution >= 4 is 51.1 Å². The van der Waals surface area contributed by atoms with Gasteiger partial charge in [-0.1, -0.05) is 46.3 Å². The molecule has 0 spiro atoms. The van der Waals surface area contributed by atoms with Crippen molar-refractivity contribution < 1.29 is 23.6 Å². The number of Topliss-reactive ketones (excluding diaryl/α,β-unsaturated/α-hetero) is 1. The van der Waals surface area contributed by atoms with Crippen LogP contribution in [0, 0.1) is 15.9 Å². The molecular weight excluding hydrogens is 601 g/mol. The van der Waals surface area contributed by atoms with Crippen molar-refractivity contribution in [2.45, 2.75) is 5.75 Å². The lowest BCUT2D eigenvalue weighted by molar-refractivity contribution is -0.387. The first-order valence-corrected chi connectivity index (χ1v) is 14.3. The molecule has 0 radical (unpaired) electrons. The van der Waals surface area contributed by atoms with Gasteiger partial charge in [-0.3, -0.25) is 24.6 Å². The van der Waals surface area contributed by atoms with Crippen molar-refractivity contribution in [1.82, 2.24) is 10.2 Å².